The van der Waals surface area contributed by atoms with E-state index in [2.05, 4.69) is 112 Å². The van der Waals surface area contributed by atoms with Crippen LogP contribution in [-0.4, -0.2) is 0 Å². The van der Waals surface area contributed by atoms with Gasteiger partial charge >= 0.3 is 0 Å². The third-order valence-corrected chi connectivity index (χ3v) is 8.54. The average molecular weight is 505 g/mol. The van der Waals surface area contributed by atoms with E-state index in [9.17, 15) is 0 Å². The number of aromatic nitrogens is 2. The Morgan fingerprint density at radius 3 is 1.79 bits per heavy atom. The summed E-state index contributed by atoms with van der Waals surface area (Å²) in [5.74, 6) is 0. The van der Waals surface area contributed by atoms with E-state index in [0.717, 1.165) is 0 Å². The van der Waals surface area contributed by atoms with Crippen molar-refractivity contribution in [3.8, 4) is 22.5 Å². The molecule has 0 fully saturated rings. The minimum absolute atomic E-state index is 1.23. The van der Waals surface area contributed by atoms with E-state index < -0.39 is 0 Å². The molecule has 6 rings (SSSR count). The summed E-state index contributed by atoms with van der Waals surface area (Å²) in [6.45, 7) is 8.76. The van der Waals surface area contributed by atoms with Crippen LogP contribution in [0.3, 0.4) is 0 Å². The normalized spacial score (nSPS) is 14.3. The Morgan fingerprint density at radius 2 is 1.13 bits per heavy atom. The fourth-order valence-electron chi connectivity index (χ4n) is 6.51. The highest BCUT2D eigenvalue weighted by atomic mass is 14.9. The van der Waals surface area contributed by atoms with Crippen LogP contribution in [0.25, 0.3) is 22.5 Å². The lowest BCUT2D eigenvalue weighted by molar-refractivity contribution is -0.661. The van der Waals surface area contributed by atoms with Crippen LogP contribution in [0.4, 0.5) is 0 Å². The van der Waals surface area contributed by atoms with Crippen molar-refractivity contribution in [2.45, 2.75) is 79.1 Å². The maximum absolute atomic E-state index is 2.41. The number of nitrogens with zero attached hydrogens (tertiary/aromatic N) is 2. The van der Waals surface area contributed by atoms with Gasteiger partial charge in [0.2, 0.25) is 11.4 Å². The maximum atomic E-state index is 2.41. The van der Waals surface area contributed by atoms with E-state index in [1.54, 1.807) is 22.3 Å². The van der Waals surface area contributed by atoms with Crippen LogP contribution in [0.5, 0.6) is 0 Å². The topological polar surface area (TPSA) is 7.76 Å². The molecule has 2 aromatic carbocycles. The van der Waals surface area contributed by atoms with Gasteiger partial charge in [0, 0.05) is 34.4 Å². The third-order valence-electron chi connectivity index (χ3n) is 8.54. The third kappa shape index (κ3) is 5.46. The molecular weight excluding hydrogens is 460 g/mol. The highest BCUT2D eigenvalue weighted by molar-refractivity contribution is 5.66. The Bertz CT molecular complexity index is 1480. The van der Waals surface area contributed by atoms with E-state index >= 15 is 0 Å². The molecule has 0 aliphatic heterocycles. The monoisotopic (exact) mass is 504 g/mol. The van der Waals surface area contributed by atoms with Gasteiger partial charge in [0.1, 0.15) is 14.1 Å². The molecule has 0 unspecified atom stereocenters. The van der Waals surface area contributed by atoms with Crippen molar-refractivity contribution in [3.63, 3.8) is 0 Å². The number of benzene rings is 2. The Labute approximate surface area is 230 Å². The molecule has 4 aromatic rings. The zero-order valence-corrected chi connectivity index (χ0v) is 24.3. The van der Waals surface area contributed by atoms with Crippen LogP contribution < -0.4 is 9.13 Å². The predicted molar refractivity (Wildman–Crippen MR) is 158 cm³/mol. The Kier molecular flexibility index (Phi) is 7.79. The highest BCUT2D eigenvalue weighted by Gasteiger charge is 2.23. The molecule has 0 saturated heterocycles. The molecule has 2 aliphatic rings. The van der Waals surface area contributed by atoms with Gasteiger partial charge in [0.05, 0.1) is 0 Å². The summed E-state index contributed by atoms with van der Waals surface area (Å²) >= 11 is 0. The number of pyridine rings is 2. The fraction of sp³-hybridized carbons (Fsp3) is 0.389. The summed E-state index contributed by atoms with van der Waals surface area (Å²) < 4.78 is 4.59. The molecule has 2 aliphatic carbocycles. The lowest BCUT2D eigenvalue weighted by Crippen LogP contribution is -2.33. The minimum atomic E-state index is 1.23. The largest absolute Gasteiger partial charge is 0.216 e. The second-order valence-corrected chi connectivity index (χ2v) is 11.7. The Hall–Kier alpha value is -3.26. The van der Waals surface area contributed by atoms with E-state index in [4.69, 9.17) is 0 Å². The molecular formula is C36H44N2+2. The minimum Gasteiger partial charge on any atom is -0.201 e. The highest BCUT2D eigenvalue weighted by Crippen LogP contribution is 2.31. The van der Waals surface area contributed by atoms with Gasteiger partial charge < -0.3 is 0 Å². The molecule has 0 atom stereocenters. The van der Waals surface area contributed by atoms with Crippen molar-refractivity contribution >= 4 is 0 Å². The first-order chi connectivity index (χ1) is 18.3. The molecule has 196 valence electrons. The standard InChI is InChI=1S/2C18H22N/c1-13-8-9-17(14(2)10-13)18-11-15-6-4-5-7-16(15)12-19(18)3;1-13-8-9-16(14(2)12-13)18-17-7-5-4-6-15(17)10-11-19(18)3/h2*8-12H,4-7H2,1-3H3/q2*+1. The number of hydrogen-bond donors (Lipinski definition) is 0. The van der Waals surface area contributed by atoms with Crippen LogP contribution in [0, 0.1) is 27.7 Å². The van der Waals surface area contributed by atoms with Crippen molar-refractivity contribution in [1.82, 2.24) is 0 Å². The van der Waals surface area contributed by atoms with E-state index in [1.165, 1.54) is 96.1 Å². The Morgan fingerprint density at radius 1 is 0.553 bits per heavy atom. The van der Waals surface area contributed by atoms with Crippen LogP contribution >= 0.6 is 0 Å². The van der Waals surface area contributed by atoms with Crippen molar-refractivity contribution in [2.24, 2.45) is 14.1 Å². The molecule has 0 spiro atoms. The Balaban J connectivity index is 0.000000155. The molecule has 38 heavy (non-hydrogen) atoms. The number of fused-ring (bicyclic) bond motifs is 2. The van der Waals surface area contributed by atoms with Gasteiger partial charge in [0.25, 0.3) is 0 Å². The zero-order valence-electron chi connectivity index (χ0n) is 24.3. The van der Waals surface area contributed by atoms with Gasteiger partial charge in [0.15, 0.2) is 12.4 Å². The van der Waals surface area contributed by atoms with Gasteiger partial charge in [-0.25, -0.2) is 9.13 Å². The predicted octanol–water partition coefficient (Wildman–Crippen LogP) is 7.35. The molecule has 0 N–H and O–H groups in total. The summed E-state index contributed by atoms with van der Waals surface area (Å²) in [5.41, 5.74) is 17.2. The van der Waals surface area contributed by atoms with Crippen molar-refractivity contribution in [3.05, 3.63) is 105 Å². The van der Waals surface area contributed by atoms with Gasteiger partial charge in [-0.15, -0.1) is 0 Å². The van der Waals surface area contributed by atoms with Crippen molar-refractivity contribution in [2.75, 3.05) is 0 Å². The molecule has 2 aromatic heterocycles. The number of rotatable bonds is 2. The quantitative estimate of drug-likeness (QED) is 0.252. The SMILES string of the molecule is Cc1ccc(-c2c3c(cc[n+]2C)CCCC3)c(C)c1.Cc1ccc(-c2cc3c(c[n+]2C)CCCC3)c(C)c1. The summed E-state index contributed by atoms with van der Waals surface area (Å²) in [7, 11) is 4.34. The summed E-state index contributed by atoms with van der Waals surface area (Å²) in [5, 5.41) is 0. The molecule has 2 heteroatoms. The molecule has 2 heterocycles. The first-order valence-corrected chi connectivity index (χ1v) is 14.5. The second kappa shape index (κ2) is 11.2. The van der Waals surface area contributed by atoms with Crippen LogP contribution in [-0.2, 0) is 39.8 Å². The summed E-state index contributed by atoms with van der Waals surface area (Å²) in [6, 6.07) is 18.3. The fourth-order valence-corrected chi connectivity index (χ4v) is 6.51. The van der Waals surface area contributed by atoms with Crippen molar-refractivity contribution < 1.29 is 9.13 Å². The van der Waals surface area contributed by atoms with E-state index in [-0.39, 0.29) is 0 Å². The van der Waals surface area contributed by atoms with Crippen LogP contribution in [0.15, 0.2) is 60.9 Å². The van der Waals surface area contributed by atoms with E-state index in [0.29, 0.717) is 0 Å². The molecule has 0 saturated carbocycles. The summed E-state index contributed by atoms with van der Waals surface area (Å²) in [6.07, 6.45) is 14.9. The zero-order chi connectivity index (χ0) is 26.8. The molecule has 0 amide bonds. The van der Waals surface area contributed by atoms with Gasteiger partial charge in [-0.2, -0.15) is 0 Å². The molecule has 2 nitrogen and oxygen atoms in total. The molecule has 0 radical (unpaired) electrons. The van der Waals surface area contributed by atoms with Gasteiger partial charge in [-0.1, -0.05) is 35.4 Å². The van der Waals surface area contributed by atoms with Crippen LogP contribution in [0.2, 0.25) is 0 Å². The lowest BCUT2D eigenvalue weighted by Gasteiger charge is -2.18. The van der Waals surface area contributed by atoms with Gasteiger partial charge in [-0.05, 0) is 113 Å². The number of aryl methyl sites for hydroxylation is 9. The van der Waals surface area contributed by atoms with Gasteiger partial charge in [-0.3, -0.25) is 0 Å². The van der Waals surface area contributed by atoms with E-state index in [1.807, 2.05) is 0 Å². The van der Waals surface area contributed by atoms with Crippen LogP contribution in [0.1, 0.15) is 70.2 Å². The lowest BCUT2D eigenvalue weighted by atomic mass is 9.87. The average Bonchev–Trinajstić information content (AvgIpc) is 2.90. The maximum Gasteiger partial charge on any atom is 0.216 e. The second-order valence-electron chi connectivity index (χ2n) is 11.7. The van der Waals surface area contributed by atoms with Crippen molar-refractivity contribution in [1.29, 1.82) is 0 Å². The smallest absolute Gasteiger partial charge is 0.201 e. The number of hydrogen-bond acceptors (Lipinski definition) is 0. The first kappa shape index (κ1) is 26.4. The first-order valence-electron chi connectivity index (χ1n) is 14.5. The summed E-state index contributed by atoms with van der Waals surface area (Å²) in [4.78, 5) is 0. The molecule has 0 bridgehead atoms.